The molecule has 2 amide bonds. The van der Waals surface area contributed by atoms with Gasteiger partial charge in [0, 0.05) is 23.6 Å². The van der Waals surface area contributed by atoms with Crippen molar-refractivity contribution in [2.75, 3.05) is 13.7 Å². The van der Waals surface area contributed by atoms with Crippen molar-refractivity contribution >= 4 is 62.4 Å². The fraction of sp³-hybridized carbons (Fsp3) is 0.588. The van der Waals surface area contributed by atoms with E-state index in [4.69, 9.17) is 26.8 Å². The molecule has 4 aliphatic rings. The zero-order chi connectivity index (χ0) is 33.7. The van der Waals surface area contributed by atoms with Gasteiger partial charge in [0.1, 0.15) is 11.9 Å². The second-order valence-corrected chi connectivity index (χ2v) is 16.2. The molecule has 11 nitrogen and oxygen atoms in total. The predicted octanol–water partition coefficient (Wildman–Crippen LogP) is 4.58. The summed E-state index contributed by atoms with van der Waals surface area (Å²) in [6, 6.07) is 3.60. The Morgan fingerprint density at radius 3 is 2.60 bits per heavy atom. The third kappa shape index (κ3) is 7.18. The Morgan fingerprint density at radius 2 is 1.90 bits per heavy atom. The van der Waals surface area contributed by atoms with Gasteiger partial charge < -0.3 is 20.1 Å². The number of methoxy groups -OCH3 is 1. The number of carbonyl (C=O) groups is 3. The highest BCUT2D eigenvalue weighted by Crippen LogP contribution is 2.57. The molecule has 3 N–H and O–H groups in total. The Bertz CT molecular complexity index is 1720. The van der Waals surface area contributed by atoms with Gasteiger partial charge in [-0.1, -0.05) is 50.1 Å². The lowest BCUT2D eigenvalue weighted by Gasteiger charge is -2.29. The van der Waals surface area contributed by atoms with Gasteiger partial charge in [-0.3, -0.25) is 19.1 Å². The third-order valence-corrected chi connectivity index (χ3v) is 12.5. The number of benzene rings is 1. The highest BCUT2D eigenvalue weighted by atomic mass is 35.5. The van der Waals surface area contributed by atoms with Crippen molar-refractivity contribution in [3.63, 3.8) is 0 Å². The summed E-state index contributed by atoms with van der Waals surface area (Å²) in [5.41, 5.74) is 5.34. The van der Waals surface area contributed by atoms with Gasteiger partial charge in [-0.2, -0.15) is 0 Å². The minimum atomic E-state index is -3.81. The summed E-state index contributed by atoms with van der Waals surface area (Å²) >= 11 is 6.50. The van der Waals surface area contributed by atoms with E-state index in [9.17, 15) is 22.8 Å². The lowest BCUT2D eigenvalue weighted by Crippen LogP contribution is -2.51. The number of nitrogens with zero attached hydrogens (tertiary/aromatic N) is 2. The Balaban J connectivity index is 0.00000451. The van der Waals surface area contributed by atoms with E-state index in [1.165, 1.54) is 18.2 Å². The Morgan fingerprint density at radius 1 is 1.15 bits per heavy atom. The number of carbonyl (C=O) groups excluding carboxylic acids is 3. The molecule has 14 heteroatoms. The first-order valence-electron chi connectivity index (χ1n) is 16.5. The SMILES string of the molecule is COc1cnc(O[C@@H]2C[C@H]3C(=O)C[C@]4(C(=O)NS(=O)(=O)C5CC5)C[C@H]4/C=C\C(C)CCC[C@@H](C)[C@H](N)C(=O)N3C2)c2cccc(Cl)c12.Cl. The average Bonchev–Trinajstić information content (AvgIpc) is 3.96. The molecule has 2 saturated carbocycles. The standard InChI is InChI=1S/C34H43ClN4O7S.ClH/c1-19-6-4-7-20(2)30(36)32(41)39-18-22(46-31-24-8-5-9-25(35)29(24)28(45-3)17-37-31)14-26(39)27(40)16-34(15-21(34)11-10-19)33(42)38-47(43,44)23-12-13-23;/h5,8-11,17,19-23,26,30H,4,6-7,12-16,18,36H2,1-3H3,(H,38,42);1H/b11-10-;/t19?,20-,21-,22-,26+,30+,34-;/m1./s1. The number of amides is 2. The number of ether oxygens (including phenoxy) is 2. The van der Waals surface area contributed by atoms with E-state index < -0.39 is 44.8 Å². The molecule has 0 bridgehead atoms. The Kier molecular flexibility index (Phi) is 10.7. The highest BCUT2D eigenvalue weighted by molar-refractivity contribution is 7.90. The Hall–Kier alpha value is -2.93. The number of fused-ring (bicyclic) bond motifs is 3. The van der Waals surface area contributed by atoms with Crippen LogP contribution in [0.2, 0.25) is 5.02 Å². The molecule has 0 spiro atoms. The highest BCUT2D eigenvalue weighted by Gasteiger charge is 2.61. The number of nitrogens with one attached hydrogen (secondary N) is 1. The number of rotatable bonds is 6. The summed E-state index contributed by atoms with van der Waals surface area (Å²) in [6.07, 6.45) is 8.75. The van der Waals surface area contributed by atoms with Gasteiger partial charge >= 0.3 is 0 Å². The first-order chi connectivity index (χ1) is 22.3. The number of hydrogen-bond acceptors (Lipinski definition) is 9. The molecule has 3 heterocycles. The molecule has 2 aliphatic heterocycles. The van der Waals surface area contributed by atoms with Gasteiger partial charge in [0.25, 0.3) is 0 Å². The summed E-state index contributed by atoms with van der Waals surface area (Å²) in [4.78, 5) is 47.8. The van der Waals surface area contributed by atoms with E-state index in [-0.39, 0.29) is 67.1 Å². The maximum Gasteiger partial charge on any atom is 0.240 e. The first-order valence-corrected chi connectivity index (χ1v) is 18.4. The fourth-order valence-electron chi connectivity index (χ4n) is 7.09. The fourth-order valence-corrected chi connectivity index (χ4v) is 8.74. The molecule has 1 aromatic heterocycles. The molecular weight excluding hydrogens is 679 g/mol. The summed E-state index contributed by atoms with van der Waals surface area (Å²) in [6.45, 7) is 4.14. The number of allylic oxidation sites excluding steroid dienone is 2. The lowest BCUT2D eigenvalue weighted by molar-refractivity contribution is -0.140. The van der Waals surface area contributed by atoms with Gasteiger partial charge in [-0.15, -0.1) is 12.4 Å². The molecule has 2 aliphatic carbocycles. The smallest absolute Gasteiger partial charge is 0.240 e. The predicted molar refractivity (Wildman–Crippen MR) is 185 cm³/mol. The molecular formula is C34H44Cl2N4O7S. The molecule has 0 radical (unpaired) electrons. The van der Waals surface area contributed by atoms with Gasteiger partial charge in [0.05, 0.1) is 47.6 Å². The van der Waals surface area contributed by atoms with Crippen LogP contribution in [0.25, 0.3) is 10.8 Å². The van der Waals surface area contributed by atoms with Crippen molar-refractivity contribution in [1.29, 1.82) is 0 Å². The molecule has 262 valence electrons. The third-order valence-electron chi connectivity index (χ3n) is 10.4. The van der Waals surface area contributed by atoms with Crippen LogP contribution < -0.4 is 19.9 Å². The summed E-state index contributed by atoms with van der Waals surface area (Å²) < 4.78 is 39.7. The first kappa shape index (κ1) is 36.4. The second kappa shape index (κ2) is 14.1. The van der Waals surface area contributed by atoms with Crippen LogP contribution in [0.5, 0.6) is 11.6 Å². The van der Waals surface area contributed by atoms with Crippen LogP contribution in [0, 0.1) is 23.2 Å². The topological polar surface area (TPSA) is 158 Å². The number of aromatic nitrogens is 1. The number of halogens is 2. The zero-order valence-electron chi connectivity index (χ0n) is 27.4. The largest absolute Gasteiger partial charge is 0.494 e. The van der Waals surface area contributed by atoms with E-state index in [0.29, 0.717) is 40.8 Å². The number of pyridine rings is 1. The van der Waals surface area contributed by atoms with Crippen LogP contribution in [0.15, 0.2) is 36.5 Å². The lowest BCUT2D eigenvalue weighted by atomic mass is 9.91. The minimum absolute atomic E-state index is 0. The maximum absolute atomic E-state index is 14.2. The monoisotopic (exact) mass is 722 g/mol. The summed E-state index contributed by atoms with van der Waals surface area (Å²) in [5.74, 6) is -0.736. The van der Waals surface area contributed by atoms with E-state index in [0.717, 1.165) is 19.3 Å². The van der Waals surface area contributed by atoms with Gasteiger partial charge in [-0.05, 0) is 62.0 Å². The molecule has 6 rings (SSSR count). The number of ketones is 1. The quantitative estimate of drug-likeness (QED) is 0.407. The normalized spacial score (nSPS) is 31.8. The van der Waals surface area contributed by atoms with Crippen molar-refractivity contribution < 1.29 is 32.3 Å². The van der Waals surface area contributed by atoms with Crippen molar-refractivity contribution in [3.05, 3.63) is 41.6 Å². The molecule has 1 aromatic carbocycles. The van der Waals surface area contributed by atoms with E-state index in [1.54, 1.807) is 12.1 Å². The van der Waals surface area contributed by atoms with Crippen LogP contribution in [0.3, 0.4) is 0 Å². The van der Waals surface area contributed by atoms with Gasteiger partial charge in [-0.25, -0.2) is 13.4 Å². The summed E-state index contributed by atoms with van der Waals surface area (Å²) in [7, 11) is -2.28. The van der Waals surface area contributed by atoms with Crippen LogP contribution in [0.1, 0.15) is 65.2 Å². The molecule has 48 heavy (non-hydrogen) atoms. The zero-order valence-corrected chi connectivity index (χ0v) is 29.8. The van der Waals surface area contributed by atoms with Crippen LogP contribution in [-0.4, -0.2) is 73.0 Å². The number of Topliss-reactive ketones (excluding diaryl/α,β-unsaturated/α-hetero) is 1. The molecule has 1 unspecified atom stereocenters. The van der Waals surface area contributed by atoms with Crippen LogP contribution in [-0.2, 0) is 24.4 Å². The molecule has 3 fully saturated rings. The van der Waals surface area contributed by atoms with Crippen LogP contribution >= 0.6 is 24.0 Å². The van der Waals surface area contributed by atoms with Crippen molar-refractivity contribution in [2.45, 2.75) is 88.7 Å². The van der Waals surface area contributed by atoms with Gasteiger partial charge in [0.2, 0.25) is 27.7 Å². The number of nitrogens with two attached hydrogens (primary N) is 1. The number of hydrogen-bond donors (Lipinski definition) is 2. The molecule has 2 aromatic rings. The van der Waals surface area contributed by atoms with Crippen LogP contribution in [0.4, 0.5) is 0 Å². The van der Waals surface area contributed by atoms with Crippen molar-refractivity contribution in [2.24, 2.45) is 28.9 Å². The van der Waals surface area contributed by atoms with Gasteiger partial charge in [0.15, 0.2) is 5.78 Å². The van der Waals surface area contributed by atoms with E-state index in [1.807, 2.05) is 19.1 Å². The average molecular weight is 724 g/mol. The molecule has 1 saturated heterocycles. The van der Waals surface area contributed by atoms with Crippen molar-refractivity contribution in [3.8, 4) is 11.6 Å². The van der Waals surface area contributed by atoms with Crippen molar-refractivity contribution in [1.82, 2.24) is 14.6 Å². The van der Waals surface area contributed by atoms with E-state index >= 15 is 0 Å². The maximum atomic E-state index is 14.2. The second-order valence-electron chi connectivity index (χ2n) is 13.9. The number of sulfonamides is 1. The summed E-state index contributed by atoms with van der Waals surface area (Å²) in [5, 5.41) is 1.15. The van der Waals surface area contributed by atoms with E-state index in [2.05, 4.69) is 22.7 Å². The Labute approximate surface area is 292 Å². The molecule has 7 atom stereocenters. The minimum Gasteiger partial charge on any atom is -0.494 e.